The fourth-order valence-corrected chi connectivity index (χ4v) is 1.98. The first-order valence-corrected chi connectivity index (χ1v) is 6.23. The van der Waals surface area contributed by atoms with Crippen molar-refractivity contribution in [1.29, 1.82) is 0 Å². The van der Waals surface area contributed by atoms with Gasteiger partial charge in [0.05, 0.1) is 6.10 Å². The van der Waals surface area contributed by atoms with Crippen molar-refractivity contribution in [3.8, 4) is 0 Å². The molecule has 0 aliphatic rings. The Kier molecular flexibility index (Phi) is 5.33. The van der Waals surface area contributed by atoms with Crippen molar-refractivity contribution in [2.45, 2.75) is 25.3 Å². The fraction of sp³-hybridized carbons (Fsp3) is 0.455. The molecule has 0 fully saturated rings. The van der Waals surface area contributed by atoms with Gasteiger partial charge >= 0.3 is 6.18 Å². The van der Waals surface area contributed by atoms with E-state index in [1.54, 1.807) is 0 Å². The van der Waals surface area contributed by atoms with Crippen molar-refractivity contribution in [2.24, 2.45) is 0 Å². The molecule has 2 unspecified atom stereocenters. The van der Waals surface area contributed by atoms with E-state index in [4.69, 9.17) is 0 Å². The van der Waals surface area contributed by atoms with Crippen LogP contribution in [0.3, 0.4) is 0 Å². The van der Waals surface area contributed by atoms with Gasteiger partial charge in [0.1, 0.15) is 11.8 Å². The first-order valence-electron chi connectivity index (χ1n) is 5.25. The molecule has 0 amide bonds. The summed E-state index contributed by atoms with van der Waals surface area (Å²) in [6.07, 6.45) is -7.00. The van der Waals surface area contributed by atoms with Crippen LogP contribution in [0.15, 0.2) is 18.3 Å². The van der Waals surface area contributed by atoms with Crippen LogP contribution in [0, 0.1) is 0 Å². The maximum atomic E-state index is 12.7. The van der Waals surface area contributed by atoms with Gasteiger partial charge in [-0.3, -0.25) is 9.78 Å². The summed E-state index contributed by atoms with van der Waals surface area (Å²) < 4.78 is 38.0. The maximum absolute atomic E-state index is 12.7. The average molecular weight is 295 g/mol. The molecule has 2 atom stereocenters. The molecule has 0 aromatic carbocycles. The van der Waals surface area contributed by atoms with E-state index in [1.165, 1.54) is 13.0 Å². The number of thioether (sulfide) groups is 1. The minimum absolute atomic E-state index is 0.192. The predicted octanol–water partition coefficient (Wildman–Crippen LogP) is 1.77. The second-order valence-corrected chi connectivity index (χ2v) is 4.95. The summed E-state index contributed by atoms with van der Waals surface area (Å²) in [5, 5.41) is 19.0. The summed E-state index contributed by atoms with van der Waals surface area (Å²) in [5.41, 5.74) is -1.75. The van der Waals surface area contributed by atoms with Crippen LogP contribution in [-0.4, -0.2) is 32.2 Å². The lowest BCUT2D eigenvalue weighted by molar-refractivity contribution is -0.143. The number of hydrogen-bond acceptors (Lipinski definition) is 5. The van der Waals surface area contributed by atoms with Crippen molar-refractivity contribution in [1.82, 2.24) is 4.98 Å². The van der Waals surface area contributed by atoms with Crippen LogP contribution in [0.1, 0.15) is 24.3 Å². The Labute approximate surface area is 111 Å². The number of carbonyl (C=O) groups excluding carboxylic acids is 1. The van der Waals surface area contributed by atoms with Crippen LogP contribution in [-0.2, 0) is 11.0 Å². The fourth-order valence-electron chi connectivity index (χ4n) is 1.39. The summed E-state index contributed by atoms with van der Waals surface area (Å²) in [4.78, 5) is 13.9. The number of aliphatic hydroxyl groups excluding tert-OH is 2. The number of alkyl halides is 3. The monoisotopic (exact) mass is 295 g/mol. The predicted molar refractivity (Wildman–Crippen MR) is 63.3 cm³/mol. The van der Waals surface area contributed by atoms with E-state index in [1.807, 2.05) is 0 Å². The highest BCUT2D eigenvalue weighted by molar-refractivity contribution is 8.13. The highest BCUT2D eigenvalue weighted by atomic mass is 32.2. The Bertz CT molecular complexity index is 453. The largest absolute Gasteiger partial charge is 0.433 e. The Morgan fingerprint density at radius 1 is 1.47 bits per heavy atom. The van der Waals surface area contributed by atoms with Gasteiger partial charge in [-0.25, -0.2) is 0 Å². The molecule has 0 spiro atoms. The van der Waals surface area contributed by atoms with Gasteiger partial charge in [-0.1, -0.05) is 17.8 Å². The van der Waals surface area contributed by atoms with Gasteiger partial charge in [0.25, 0.3) is 0 Å². The molecule has 2 N–H and O–H groups in total. The summed E-state index contributed by atoms with van der Waals surface area (Å²) in [6.45, 7) is 1.26. The summed E-state index contributed by atoms with van der Waals surface area (Å²) in [7, 11) is 0. The Morgan fingerprint density at radius 2 is 2.11 bits per heavy atom. The number of aliphatic hydroxyl groups is 2. The quantitative estimate of drug-likeness (QED) is 0.886. The standard InChI is InChI=1S/C11H12F3NO3S/c1-6(16)19-5-8(17)9(18)7-3-2-4-15-10(7)11(12,13)14/h2-4,8-9,17-18H,5H2,1H3. The molecule has 106 valence electrons. The van der Waals surface area contributed by atoms with Gasteiger partial charge in [0, 0.05) is 24.4 Å². The van der Waals surface area contributed by atoms with Gasteiger partial charge in [0.2, 0.25) is 0 Å². The lowest BCUT2D eigenvalue weighted by atomic mass is 10.0. The second kappa shape index (κ2) is 6.36. The molecule has 0 saturated heterocycles. The Balaban J connectivity index is 2.93. The molecule has 8 heteroatoms. The Hall–Kier alpha value is -1.12. The van der Waals surface area contributed by atoms with E-state index in [2.05, 4.69) is 4.98 Å². The molecular weight excluding hydrogens is 283 g/mol. The zero-order valence-electron chi connectivity index (χ0n) is 9.89. The summed E-state index contributed by atoms with van der Waals surface area (Å²) in [5.74, 6) is -0.192. The summed E-state index contributed by atoms with van der Waals surface area (Å²) in [6, 6.07) is 2.28. The van der Waals surface area contributed by atoms with E-state index in [9.17, 15) is 28.2 Å². The van der Waals surface area contributed by atoms with Crippen molar-refractivity contribution in [2.75, 3.05) is 5.75 Å². The highest BCUT2D eigenvalue weighted by Gasteiger charge is 2.38. The molecule has 19 heavy (non-hydrogen) atoms. The van der Waals surface area contributed by atoms with Gasteiger partial charge in [-0.2, -0.15) is 13.2 Å². The lowest BCUT2D eigenvalue weighted by Gasteiger charge is -2.20. The van der Waals surface area contributed by atoms with Crippen LogP contribution in [0.2, 0.25) is 0 Å². The van der Waals surface area contributed by atoms with Gasteiger partial charge in [-0.05, 0) is 6.07 Å². The number of hydrogen-bond donors (Lipinski definition) is 2. The third-order valence-corrected chi connectivity index (χ3v) is 3.16. The minimum Gasteiger partial charge on any atom is -0.389 e. The Morgan fingerprint density at radius 3 is 2.63 bits per heavy atom. The molecule has 1 aromatic heterocycles. The SMILES string of the molecule is CC(=O)SCC(O)C(O)c1cccnc1C(F)(F)F. The van der Waals surface area contributed by atoms with E-state index in [0.29, 0.717) is 0 Å². The van der Waals surface area contributed by atoms with Crippen LogP contribution in [0.25, 0.3) is 0 Å². The first-order chi connectivity index (χ1) is 8.73. The van der Waals surface area contributed by atoms with Crippen molar-refractivity contribution in [3.63, 3.8) is 0 Å². The van der Waals surface area contributed by atoms with Crippen molar-refractivity contribution >= 4 is 16.9 Å². The molecular formula is C11H12F3NO3S. The molecule has 1 heterocycles. The van der Waals surface area contributed by atoms with Gasteiger partial charge in [-0.15, -0.1) is 0 Å². The van der Waals surface area contributed by atoms with Crippen LogP contribution in [0.5, 0.6) is 0 Å². The third kappa shape index (κ3) is 4.48. The van der Waals surface area contributed by atoms with Crippen molar-refractivity contribution in [3.05, 3.63) is 29.6 Å². The number of nitrogens with zero attached hydrogens (tertiary/aromatic N) is 1. The lowest BCUT2D eigenvalue weighted by Crippen LogP contribution is -2.25. The average Bonchev–Trinajstić information content (AvgIpc) is 2.34. The molecule has 0 saturated carbocycles. The van der Waals surface area contributed by atoms with Crippen LogP contribution < -0.4 is 0 Å². The van der Waals surface area contributed by atoms with E-state index in [0.717, 1.165) is 24.0 Å². The third-order valence-electron chi connectivity index (χ3n) is 2.25. The molecule has 0 aliphatic carbocycles. The second-order valence-electron chi connectivity index (χ2n) is 3.75. The van der Waals surface area contributed by atoms with E-state index >= 15 is 0 Å². The molecule has 0 radical (unpaired) electrons. The maximum Gasteiger partial charge on any atom is 0.433 e. The molecule has 0 bridgehead atoms. The van der Waals surface area contributed by atoms with E-state index < -0.39 is 29.6 Å². The van der Waals surface area contributed by atoms with E-state index in [-0.39, 0.29) is 10.9 Å². The smallest absolute Gasteiger partial charge is 0.389 e. The zero-order valence-corrected chi connectivity index (χ0v) is 10.7. The van der Waals surface area contributed by atoms with Gasteiger partial charge in [0.15, 0.2) is 5.12 Å². The molecule has 1 aromatic rings. The van der Waals surface area contributed by atoms with Crippen molar-refractivity contribution < 1.29 is 28.2 Å². The summed E-state index contributed by atoms with van der Waals surface area (Å²) >= 11 is 0.725. The normalized spacial score (nSPS) is 15.1. The molecule has 1 rings (SSSR count). The highest BCUT2D eigenvalue weighted by Crippen LogP contribution is 2.34. The number of halogens is 3. The number of rotatable bonds is 4. The molecule has 0 aliphatic heterocycles. The molecule has 4 nitrogen and oxygen atoms in total. The topological polar surface area (TPSA) is 70.4 Å². The van der Waals surface area contributed by atoms with Crippen LogP contribution in [0.4, 0.5) is 13.2 Å². The minimum atomic E-state index is -4.72. The zero-order chi connectivity index (χ0) is 14.6. The number of carbonyl (C=O) groups is 1. The first kappa shape index (κ1) is 15.9. The van der Waals surface area contributed by atoms with Crippen LogP contribution >= 0.6 is 11.8 Å². The number of pyridine rings is 1. The number of aromatic nitrogens is 1. The van der Waals surface area contributed by atoms with Gasteiger partial charge < -0.3 is 10.2 Å².